The Labute approximate surface area is 278 Å². The Kier molecular flexibility index (Phi) is 6.76. The molecule has 0 unspecified atom stereocenters. The van der Waals surface area contributed by atoms with Crippen molar-refractivity contribution in [1.29, 1.82) is 0 Å². The van der Waals surface area contributed by atoms with Gasteiger partial charge in [-0.1, -0.05) is 133 Å². The van der Waals surface area contributed by atoms with Crippen molar-refractivity contribution in [2.45, 2.75) is 0 Å². The van der Waals surface area contributed by atoms with Gasteiger partial charge >= 0.3 is 0 Å². The number of hydrogen-bond acceptors (Lipinski definition) is 4. The lowest BCUT2D eigenvalue weighted by Gasteiger charge is -2.18. The summed E-state index contributed by atoms with van der Waals surface area (Å²) in [6.07, 6.45) is 7.31. The largest absolute Gasteiger partial charge is 0.264 e. The van der Waals surface area contributed by atoms with Crippen LogP contribution in [-0.4, -0.2) is 21.4 Å². The van der Waals surface area contributed by atoms with Gasteiger partial charge in [0.2, 0.25) is 0 Å². The maximum Gasteiger partial charge on any atom is 0.0819 e. The lowest BCUT2D eigenvalue weighted by atomic mass is 9.94. The zero-order valence-corrected chi connectivity index (χ0v) is 26.0. The number of aliphatic imine (C=N–C) groups is 2. The number of nitrogens with zero attached hydrogens (tertiary/aromatic N) is 4. The van der Waals surface area contributed by atoms with Gasteiger partial charge in [0.15, 0.2) is 0 Å². The number of pyridine rings is 2. The van der Waals surface area contributed by atoms with E-state index in [9.17, 15) is 0 Å². The summed E-state index contributed by atoms with van der Waals surface area (Å²) < 4.78 is 0. The average Bonchev–Trinajstić information content (AvgIpc) is 3.15. The Hall–Kier alpha value is -6.52. The third-order valence-electron chi connectivity index (χ3n) is 9.09. The molecule has 0 saturated carbocycles. The van der Waals surface area contributed by atoms with Crippen molar-refractivity contribution in [2.75, 3.05) is 0 Å². The van der Waals surface area contributed by atoms with Crippen LogP contribution in [0.15, 0.2) is 180 Å². The van der Waals surface area contributed by atoms with Crippen LogP contribution in [0.5, 0.6) is 0 Å². The van der Waals surface area contributed by atoms with Gasteiger partial charge < -0.3 is 0 Å². The SMILES string of the molecule is c1ccc2c(-c3ccc(C4=Nc5ccncc5C(c5ccc(-c6cccc7ccccc67)cc5)=Nc5ccncc54)cc3)cccc2c1. The summed E-state index contributed by atoms with van der Waals surface area (Å²) >= 11 is 0. The Bertz CT molecular complexity index is 2350. The number of hydrogen-bond donors (Lipinski definition) is 0. The van der Waals surface area contributed by atoms with Gasteiger partial charge in [0.1, 0.15) is 0 Å². The smallest absolute Gasteiger partial charge is 0.0819 e. The van der Waals surface area contributed by atoms with Crippen LogP contribution in [0.25, 0.3) is 43.8 Å². The van der Waals surface area contributed by atoms with Crippen LogP contribution in [-0.2, 0) is 0 Å². The maximum atomic E-state index is 5.29. The summed E-state index contributed by atoms with van der Waals surface area (Å²) in [6.45, 7) is 0. The third-order valence-corrected chi connectivity index (χ3v) is 9.09. The minimum Gasteiger partial charge on any atom is -0.264 e. The van der Waals surface area contributed by atoms with Crippen molar-refractivity contribution in [1.82, 2.24) is 9.97 Å². The van der Waals surface area contributed by atoms with Crippen molar-refractivity contribution in [3.63, 3.8) is 0 Å². The predicted molar refractivity (Wildman–Crippen MR) is 198 cm³/mol. The van der Waals surface area contributed by atoms with Crippen LogP contribution >= 0.6 is 0 Å². The molecule has 0 bridgehead atoms. The fraction of sp³-hybridized carbons (Fsp3) is 0. The minimum atomic E-state index is 0.810. The van der Waals surface area contributed by atoms with Crippen LogP contribution in [0.4, 0.5) is 11.4 Å². The molecule has 0 amide bonds. The third kappa shape index (κ3) is 4.88. The molecule has 1 aliphatic heterocycles. The van der Waals surface area contributed by atoms with Gasteiger partial charge in [-0.25, -0.2) is 9.98 Å². The molecule has 0 radical (unpaired) electrons. The van der Waals surface area contributed by atoms with E-state index < -0.39 is 0 Å². The first-order valence-electron chi connectivity index (χ1n) is 16.0. The van der Waals surface area contributed by atoms with Gasteiger partial charge in [-0.3, -0.25) is 9.97 Å². The highest BCUT2D eigenvalue weighted by atomic mass is 14.9. The van der Waals surface area contributed by atoms with E-state index in [1.807, 2.05) is 24.5 Å². The molecule has 0 spiro atoms. The maximum absolute atomic E-state index is 5.29. The number of rotatable bonds is 4. The van der Waals surface area contributed by atoms with E-state index in [4.69, 9.17) is 9.98 Å². The van der Waals surface area contributed by atoms with Crippen molar-refractivity contribution < 1.29 is 0 Å². The predicted octanol–water partition coefficient (Wildman–Crippen LogP) is 10.8. The molecule has 9 rings (SSSR count). The first kappa shape index (κ1) is 27.8. The van der Waals surface area contributed by atoms with Crippen LogP contribution in [0.1, 0.15) is 22.3 Å². The van der Waals surface area contributed by atoms with Gasteiger partial charge in [0.05, 0.1) is 22.8 Å². The average molecular weight is 613 g/mol. The lowest BCUT2D eigenvalue weighted by molar-refractivity contribution is 1.26. The zero-order valence-electron chi connectivity index (χ0n) is 26.0. The van der Waals surface area contributed by atoms with E-state index in [1.165, 1.54) is 32.7 Å². The molecule has 224 valence electrons. The molecule has 1 aliphatic rings. The normalized spacial score (nSPS) is 12.4. The highest BCUT2D eigenvalue weighted by molar-refractivity contribution is 6.22. The second-order valence-corrected chi connectivity index (χ2v) is 11.9. The Morgan fingerprint density at radius 3 is 1.17 bits per heavy atom. The molecule has 2 aromatic heterocycles. The molecule has 0 aliphatic carbocycles. The Morgan fingerprint density at radius 1 is 0.312 bits per heavy atom. The van der Waals surface area contributed by atoms with Gasteiger partial charge in [-0.15, -0.1) is 0 Å². The Balaban J connectivity index is 1.14. The molecule has 0 atom stereocenters. The van der Waals surface area contributed by atoms with E-state index >= 15 is 0 Å². The molecule has 0 N–H and O–H groups in total. The van der Waals surface area contributed by atoms with Crippen LogP contribution in [0, 0.1) is 0 Å². The molecular weight excluding hydrogens is 585 g/mol. The number of fused-ring (bicyclic) bond motifs is 4. The van der Waals surface area contributed by atoms with Gasteiger partial charge in [-0.2, -0.15) is 0 Å². The summed E-state index contributed by atoms with van der Waals surface area (Å²) in [5, 5.41) is 4.93. The fourth-order valence-electron chi connectivity index (χ4n) is 6.71. The highest BCUT2D eigenvalue weighted by Crippen LogP contribution is 2.35. The summed E-state index contributed by atoms with van der Waals surface area (Å²) in [7, 11) is 0. The van der Waals surface area contributed by atoms with Gasteiger partial charge in [0.25, 0.3) is 0 Å². The second kappa shape index (κ2) is 11.7. The van der Waals surface area contributed by atoms with E-state index in [0.717, 1.165) is 56.2 Å². The van der Waals surface area contributed by atoms with Gasteiger partial charge in [-0.05, 0) is 55.9 Å². The minimum absolute atomic E-state index is 0.810. The topological polar surface area (TPSA) is 50.5 Å². The van der Waals surface area contributed by atoms with Crippen LogP contribution < -0.4 is 0 Å². The summed E-state index contributed by atoms with van der Waals surface area (Å²) in [5.41, 5.74) is 11.7. The first-order chi connectivity index (χ1) is 23.8. The fourth-order valence-corrected chi connectivity index (χ4v) is 6.71. The summed E-state index contributed by atoms with van der Waals surface area (Å²) in [4.78, 5) is 19.6. The lowest BCUT2D eigenvalue weighted by Crippen LogP contribution is -2.11. The van der Waals surface area contributed by atoms with Crippen molar-refractivity contribution >= 4 is 44.3 Å². The van der Waals surface area contributed by atoms with E-state index in [0.29, 0.717) is 0 Å². The quantitative estimate of drug-likeness (QED) is 0.199. The van der Waals surface area contributed by atoms with Crippen molar-refractivity contribution in [3.8, 4) is 22.3 Å². The molecule has 0 saturated heterocycles. The molecule has 3 heterocycles. The van der Waals surface area contributed by atoms with Gasteiger partial charge in [0, 0.05) is 47.0 Å². The monoisotopic (exact) mass is 612 g/mol. The molecule has 4 heteroatoms. The summed E-state index contributed by atoms with van der Waals surface area (Å²) in [5.74, 6) is 0. The highest BCUT2D eigenvalue weighted by Gasteiger charge is 2.21. The van der Waals surface area contributed by atoms with Crippen LogP contribution in [0.3, 0.4) is 0 Å². The zero-order chi connectivity index (χ0) is 31.9. The molecule has 6 aromatic carbocycles. The standard InChI is InChI=1S/C44H28N4/c1-3-11-35-29(7-1)9-5-13-37(35)31-15-19-33(20-16-31)43-39-27-45-25-23-41(39)48-44(40-28-46-26-24-42(40)47-43)34-21-17-32(18-22-34)38-14-6-10-30-8-2-4-12-36(30)38/h1-28H. The molecule has 4 nitrogen and oxygen atoms in total. The van der Waals surface area contributed by atoms with E-state index in [2.05, 4.69) is 143 Å². The Morgan fingerprint density at radius 2 is 0.708 bits per heavy atom. The number of aromatic nitrogens is 2. The van der Waals surface area contributed by atoms with E-state index in [1.54, 1.807) is 12.4 Å². The van der Waals surface area contributed by atoms with Crippen LogP contribution in [0.2, 0.25) is 0 Å². The number of benzene rings is 6. The molecule has 0 fully saturated rings. The molecular formula is C44H28N4. The molecule has 48 heavy (non-hydrogen) atoms. The first-order valence-corrected chi connectivity index (χ1v) is 16.0. The second-order valence-electron chi connectivity index (χ2n) is 11.9. The van der Waals surface area contributed by atoms with Crippen molar-refractivity contribution in [3.05, 3.63) is 193 Å². The van der Waals surface area contributed by atoms with Crippen molar-refractivity contribution in [2.24, 2.45) is 9.98 Å². The molecule has 8 aromatic rings. The summed E-state index contributed by atoms with van der Waals surface area (Å²) in [6, 6.07) is 51.1. The van der Waals surface area contributed by atoms with E-state index in [-0.39, 0.29) is 0 Å².